The van der Waals surface area contributed by atoms with Gasteiger partial charge in [0.1, 0.15) is 11.3 Å². The van der Waals surface area contributed by atoms with Crippen molar-refractivity contribution >= 4 is 10.9 Å². The van der Waals surface area contributed by atoms with Crippen LogP contribution in [0.3, 0.4) is 0 Å². The average molecular weight is 225 g/mol. The molecule has 17 heavy (non-hydrogen) atoms. The van der Waals surface area contributed by atoms with Gasteiger partial charge in [0.05, 0.1) is 5.69 Å². The number of benzene rings is 1. The third kappa shape index (κ3) is 1.54. The Balaban J connectivity index is 2.42. The topological polar surface area (TPSA) is 61.8 Å². The first-order valence-electron chi connectivity index (χ1n) is 5.35. The fourth-order valence-electron chi connectivity index (χ4n) is 1.99. The van der Waals surface area contributed by atoms with Gasteiger partial charge in [-0.3, -0.25) is 5.10 Å². The molecule has 3 rings (SSSR count). The maximum Gasteiger partial charge on any atom is 0.141 e. The van der Waals surface area contributed by atoms with Gasteiger partial charge in [0, 0.05) is 22.8 Å². The van der Waals surface area contributed by atoms with Crippen LogP contribution < -0.4 is 0 Å². The molecule has 0 bridgehead atoms. The molecule has 0 spiro atoms. The van der Waals surface area contributed by atoms with Crippen molar-refractivity contribution in [2.75, 3.05) is 0 Å². The molecular weight excluding hydrogens is 214 g/mol. The molecule has 4 heteroatoms. The minimum atomic E-state index is 0.201. The molecule has 0 saturated carbocycles. The predicted octanol–water partition coefficient (Wildman–Crippen LogP) is 2.64. The number of aromatic amines is 1. The lowest BCUT2D eigenvalue weighted by atomic mass is 10.0. The molecule has 0 aliphatic heterocycles. The van der Waals surface area contributed by atoms with Crippen LogP contribution in [0.15, 0.2) is 36.5 Å². The molecule has 3 aromatic rings. The molecule has 84 valence electrons. The first-order chi connectivity index (χ1) is 8.25. The van der Waals surface area contributed by atoms with Crippen LogP contribution in [0.5, 0.6) is 5.75 Å². The summed E-state index contributed by atoms with van der Waals surface area (Å²) in [6.07, 6.45) is 1.71. The summed E-state index contributed by atoms with van der Waals surface area (Å²) < 4.78 is 0. The van der Waals surface area contributed by atoms with Crippen molar-refractivity contribution < 1.29 is 5.11 Å². The number of rotatable bonds is 1. The summed E-state index contributed by atoms with van der Waals surface area (Å²) in [4.78, 5) is 4.36. The lowest BCUT2D eigenvalue weighted by Gasteiger charge is -2.07. The zero-order valence-corrected chi connectivity index (χ0v) is 9.31. The van der Waals surface area contributed by atoms with E-state index in [1.165, 1.54) is 0 Å². The molecule has 0 aliphatic carbocycles. The van der Waals surface area contributed by atoms with Crippen LogP contribution in [0.25, 0.3) is 22.2 Å². The summed E-state index contributed by atoms with van der Waals surface area (Å²) in [5.41, 5.74) is 3.41. The number of phenolic OH excluding ortho intramolecular Hbond substituents is 1. The molecule has 0 unspecified atom stereocenters. The van der Waals surface area contributed by atoms with Crippen molar-refractivity contribution in [3.05, 3.63) is 42.2 Å². The summed E-state index contributed by atoms with van der Waals surface area (Å²) in [5, 5.41) is 17.6. The number of para-hydroxylation sites is 1. The van der Waals surface area contributed by atoms with Crippen molar-refractivity contribution in [1.82, 2.24) is 15.2 Å². The first-order valence-corrected chi connectivity index (χ1v) is 5.35. The van der Waals surface area contributed by atoms with E-state index in [1.54, 1.807) is 12.3 Å². The maximum atomic E-state index is 9.83. The summed E-state index contributed by atoms with van der Waals surface area (Å²) >= 11 is 0. The number of H-pyrrole nitrogens is 1. The molecule has 1 aromatic carbocycles. The Hall–Kier alpha value is -2.36. The van der Waals surface area contributed by atoms with E-state index in [1.807, 2.05) is 31.2 Å². The average Bonchev–Trinajstić information content (AvgIpc) is 2.83. The normalized spacial score (nSPS) is 10.9. The lowest BCUT2D eigenvalue weighted by molar-refractivity contribution is 0.480. The smallest absolute Gasteiger partial charge is 0.141 e. The molecule has 2 N–H and O–H groups in total. The van der Waals surface area contributed by atoms with E-state index in [9.17, 15) is 5.11 Å². The molecular formula is C13H11N3O. The molecule has 0 amide bonds. The molecule has 2 aromatic heterocycles. The molecule has 4 nitrogen and oxygen atoms in total. The van der Waals surface area contributed by atoms with E-state index in [0.717, 1.165) is 22.3 Å². The Morgan fingerprint density at radius 3 is 2.88 bits per heavy atom. The van der Waals surface area contributed by atoms with Gasteiger partial charge in [0.25, 0.3) is 0 Å². The molecule has 2 heterocycles. The fourth-order valence-corrected chi connectivity index (χ4v) is 1.99. The van der Waals surface area contributed by atoms with Crippen LogP contribution in [-0.2, 0) is 0 Å². The number of fused-ring (bicyclic) bond motifs is 1. The zero-order chi connectivity index (χ0) is 11.8. The third-order valence-corrected chi connectivity index (χ3v) is 2.74. The Labute approximate surface area is 97.9 Å². The standard InChI is InChI=1S/C13H11N3O/c1-8-7-10(11-5-6-14-16-11)9-3-2-4-12(17)13(9)15-8/h2-7,17H,1H3,(H,14,16). The Morgan fingerprint density at radius 1 is 1.24 bits per heavy atom. The van der Waals surface area contributed by atoms with Gasteiger partial charge in [-0.1, -0.05) is 12.1 Å². The number of nitrogens with zero attached hydrogens (tertiary/aromatic N) is 2. The number of hydrogen-bond donors (Lipinski definition) is 2. The van der Waals surface area contributed by atoms with Gasteiger partial charge >= 0.3 is 0 Å². The third-order valence-electron chi connectivity index (χ3n) is 2.74. The first kappa shape index (κ1) is 9.84. The second-order valence-corrected chi connectivity index (χ2v) is 3.95. The SMILES string of the molecule is Cc1cc(-c2ccn[nH]2)c2cccc(O)c2n1. The van der Waals surface area contributed by atoms with Crippen molar-refractivity contribution in [2.45, 2.75) is 6.92 Å². The van der Waals surface area contributed by atoms with Gasteiger partial charge in [-0.25, -0.2) is 4.98 Å². The second kappa shape index (κ2) is 3.59. The number of phenols is 1. The van der Waals surface area contributed by atoms with E-state index in [4.69, 9.17) is 0 Å². The minimum absolute atomic E-state index is 0.201. The van der Waals surface area contributed by atoms with Crippen molar-refractivity contribution in [3.63, 3.8) is 0 Å². The van der Waals surface area contributed by atoms with Crippen molar-refractivity contribution in [1.29, 1.82) is 0 Å². The highest BCUT2D eigenvalue weighted by Gasteiger charge is 2.09. The Kier molecular flexibility index (Phi) is 2.08. The van der Waals surface area contributed by atoms with E-state index < -0.39 is 0 Å². The van der Waals surface area contributed by atoms with Gasteiger partial charge in [-0.05, 0) is 25.1 Å². The van der Waals surface area contributed by atoms with Gasteiger partial charge in [-0.2, -0.15) is 5.10 Å². The van der Waals surface area contributed by atoms with Crippen molar-refractivity contribution in [3.8, 4) is 17.0 Å². The van der Waals surface area contributed by atoms with Gasteiger partial charge in [-0.15, -0.1) is 0 Å². The number of hydrogen-bond acceptors (Lipinski definition) is 3. The largest absolute Gasteiger partial charge is 0.506 e. The van der Waals surface area contributed by atoms with Crippen LogP contribution in [0, 0.1) is 6.92 Å². The van der Waals surface area contributed by atoms with Crippen LogP contribution >= 0.6 is 0 Å². The summed E-state index contributed by atoms with van der Waals surface area (Å²) in [7, 11) is 0. The highest BCUT2D eigenvalue weighted by molar-refractivity contribution is 5.96. The Morgan fingerprint density at radius 2 is 2.12 bits per heavy atom. The van der Waals surface area contributed by atoms with Gasteiger partial charge in [0.2, 0.25) is 0 Å². The number of aromatic hydroxyl groups is 1. The highest BCUT2D eigenvalue weighted by Crippen LogP contribution is 2.31. The van der Waals surface area contributed by atoms with Crippen LogP contribution in [0.2, 0.25) is 0 Å². The molecule has 0 radical (unpaired) electrons. The Bertz CT molecular complexity index is 674. The minimum Gasteiger partial charge on any atom is -0.506 e. The zero-order valence-electron chi connectivity index (χ0n) is 9.31. The van der Waals surface area contributed by atoms with E-state index in [-0.39, 0.29) is 5.75 Å². The number of aryl methyl sites for hydroxylation is 1. The van der Waals surface area contributed by atoms with Gasteiger partial charge < -0.3 is 5.11 Å². The maximum absolute atomic E-state index is 9.83. The van der Waals surface area contributed by atoms with E-state index in [0.29, 0.717) is 5.52 Å². The predicted molar refractivity (Wildman–Crippen MR) is 65.7 cm³/mol. The highest BCUT2D eigenvalue weighted by atomic mass is 16.3. The van der Waals surface area contributed by atoms with Crippen LogP contribution in [0.1, 0.15) is 5.69 Å². The van der Waals surface area contributed by atoms with Gasteiger partial charge in [0.15, 0.2) is 0 Å². The van der Waals surface area contributed by atoms with Crippen LogP contribution in [0.4, 0.5) is 0 Å². The molecule has 0 aliphatic rings. The van der Waals surface area contributed by atoms with E-state index in [2.05, 4.69) is 15.2 Å². The number of pyridine rings is 1. The summed E-state index contributed by atoms with van der Waals surface area (Å²) in [5.74, 6) is 0.201. The van der Waals surface area contributed by atoms with Crippen molar-refractivity contribution in [2.24, 2.45) is 0 Å². The second-order valence-electron chi connectivity index (χ2n) is 3.95. The molecule has 0 atom stereocenters. The molecule has 0 fully saturated rings. The number of aromatic nitrogens is 3. The summed E-state index contributed by atoms with van der Waals surface area (Å²) in [6, 6.07) is 9.28. The van der Waals surface area contributed by atoms with E-state index >= 15 is 0 Å². The summed E-state index contributed by atoms with van der Waals surface area (Å²) in [6.45, 7) is 1.91. The van der Waals surface area contributed by atoms with Crippen LogP contribution in [-0.4, -0.2) is 20.3 Å². The number of nitrogens with one attached hydrogen (secondary N) is 1. The molecule has 0 saturated heterocycles. The lowest BCUT2D eigenvalue weighted by Crippen LogP contribution is -1.89. The monoisotopic (exact) mass is 225 g/mol. The fraction of sp³-hybridized carbons (Fsp3) is 0.0769. The quantitative estimate of drug-likeness (QED) is 0.669.